The third kappa shape index (κ3) is 5.91. The second-order valence-corrected chi connectivity index (χ2v) is 9.86. The molecule has 0 spiro atoms. The van der Waals surface area contributed by atoms with Crippen LogP contribution in [-0.4, -0.2) is 53.9 Å². The van der Waals surface area contributed by atoms with Gasteiger partial charge < -0.3 is 9.32 Å². The first-order valence-electron chi connectivity index (χ1n) is 10.8. The Morgan fingerprint density at radius 2 is 1.82 bits per heavy atom. The van der Waals surface area contributed by atoms with Gasteiger partial charge in [0.1, 0.15) is 0 Å². The van der Waals surface area contributed by atoms with E-state index < -0.39 is 22.3 Å². The van der Waals surface area contributed by atoms with E-state index in [-0.39, 0.29) is 18.2 Å². The number of rotatable bonds is 10. The third-order valence-corrected chi connectivity index (χ3v) is 7.28. The Bertz CT molecular complexity index is 1130. The van der Waals surface area contributed by atoms with Gasteiger partial charge in [-0.2, -0.15) is 8.78 Å². The topological polar surface area (TPSA) is 92.4 Å². The van der Waals surface area contributed by atoms with Gasteiger partial charge in [-0.3, -0.25) is 9.29 Å². The number of aromatic nitrogens is 3. The lowest BCUT2D eigenvalue weighted by atomic mass is 10.2. The van der Waals surface area contributed by atoms with Crippen LogP contribution >= 0.6 is 0 Å². The molecule has 0 saturated carbocycles. The molecule has 0 amide bonds. The van der Waals surface area contributed by atoms with Crippen LogP contribution < -0.4 is 4.31 Å². The van der Waals surface area contributed by atoms with Crippen LogP contribution in [0.15, 0.2) is 53.1 Å². The number of sulfonamides is 1. The first-order valence-corrected chi connectivity index (χ1v) is 12.4. The Labute approximate surface area is 191 Å². The van der Waals surface area contributed by atoms with Crippen LogP contribution in [0, 0.1) is 0 Å². The van der Waals surface area contributed by atoms with Gasteiger partial charge in [-0.05, 0) is 63.2 Å². The number of hydrogen-bond acceptors (Lipinski definition) is 7. The molecule has 33 heavy (non-hydrogen) atoms. The quantitative estimate of drug-likeness (QED) is 0.437. The summed E-state index contributed by atoms with van der Waals surface area (Å²) in [6.07, 6.45) is 1.44. The molecular weight excluding hydrogens is 452 g/mol. The summed E-state index contributed by atoms with van der Waals surface area (Å²) in [7, 11) is -3.59. The number of para-hydroxylation sites is 1. The summed E-state index contributed by atoms with van der Waals surface area (Å²) in [5.74, 6) is -0.794. The van der Waals surface area contributed by atoms with Gasteiger partial charge in [0.25, 0.3) is 5.89 Å². The molecule has 11 heteroatoms. The lowest BCUT2D eigenvalue weighted by molar-refractivity contribution is 0.116. The highest BCUT2D eigenvalue weighted by atomic mass is 32.2. The van der Waals surface area contributed by atoms with Gasteiger partial charge in [-0.15, -0.1) is 10.2 Å². The van der Waals surface area contributed by atoms with Gasteiger partial charge in [-0.25, -0.2) is 8.42 Å². The van der Waals surface area contributed by atoms with Crippen molar-refractivity contribution < 1.29 is 21.6 Å². The van der Waals surface area contributed by atoms with E-state index in [0.717, 1.165) is 32.5 Å². The number of benzene rings is 1. The van der Waals surface area contributed by atoms with E-state index in [2.05, 4.69) is 20.1 Å². The normalized spacial score (nSPS) is 14.8. The van der Waals surface area contributed by atoms with Crippen LogP contribution in [0.25, 0.3) is 11.5 Å². The molecule has 4 rings (SSSR count). The van der Waals surface area contributed by atoms with Crippen molar-refractivity contribution in [2.75, 3.05) is 29.7 Å². The van der Waals surface area contributed by atoms with E-state index >= 15 is 0 Å². The minimum atomic E-state index is -3.59. The second-order valence-electron chi connectivity index (χ2n) is 7.84. The average molecular weight is 478 g/mol. The highest BCUT2D eigenvalue weighted by Crippen LogP contribution is 2.25. The van der Waals surface area contributed by atoms with Gasteiger partial charge in [-0.1, -0.05) is 18.2 Å². The van der Waals surface area contributed by atoms with E-state index in [1.807, 2.05) is 6.07 Å². The fourth-order valence-electron chi connectivity index (χ4n) is 3.76. The number of alkyl halides is 2. The maximum atomic E-state index is 13.2. The standard InChI is InChI=1S/C22H25F2N5O3S/c23-20(24)22-27-26-21(32-22)17-9-10-18(25-15-17)16-29(19-7-2-1-3-8-19)33(30,31)14-6-13-28-11-4-5-12-28/h1-3,7-10,15,20H,4-6,11-14,16H2. The Balaban J connectivity index is 1.49. The summed E-state index contributed by atoms with van der Waals surface area (Å²) < 4.78 is 58.1. The molecule has 0 N–H and O–H groups in total. The molecule has 3 heterocycles. The molecule has 0 aliphatic carbocycles. The summed E-state index contributed by atoms with van der Waals surface area (Å²) in [5.41, 5.74) is 1.43. The van der Waals surface area contributed by atoms with Gasteiger partial charge in [0.05, 0.1) is 29.2 Å². The van der Waals surface area contributed by atoms with Crippen molar-refractivity contribution >= 4 is 15.7 Å². The number of likely N-dealkylation sites (tertiary alicyclic amines) is 1. The molecule has 1 aromatic carbocycles. The van der Waals surface area contributed by atoms with E-state index in [9.17, 15) is 17.2 Å². The Hall–Kier alpha value is -2.92. The molecular formula is C22H25F2N5O3S. The minimum absolute atomic E-state index is 0.0366. The highest BCUT2D eigenvalue weighted by molar-refractivity contribution is 7.92. The van der Waals surface area contributed by atoms with Crippen LogP contribution in [-0.2, 0) is 16.6 Å². The number of hydrogen-bond donors (Lipinski definition) is 0. The van der Waals surface area contributed by atoms with Crippen LogP contribution in [0.4, 0.5) is 14.5 Å². The Morgan fingerprint density at radius 1 is 1.06 bits per heavy atom. The lowest BCUT2D eigenvalue weighted by Crippen LogP contribution is -2.34. The molecule has 0 unspecified atom stereocenters. The molecule has 1 aliphatic heterocycles. The molecule has 0 bridgehead atoms. The first kappa shape index (κ1) is 23.2. The van der Waals surface area contributed by atoms with E-state index in [1.165, 1.54) is 10.5 Å². The predicted molar refractivity (Wildman–Crippen MR) is 119 cm³/mol. The molecule has 0 atom stereocenters. The van der Waals surface area contributed by atoms with Crippen LogP contribution in [0.2, 0.25) is 0 Å². The van der Waals surface area contributed by atoms with E-state index in [1.54, 1.807) is 36.4 Å². The largest absolute Gasteiger partial charge is 0.415 e. The van der Waals surface area contributed by atoms with Crippen molar-refractivity contribution in [2.24, 2.45) is 0 Å². The molecule has 1 saturated heterocycles. The van der Waals surface area contributed by atoms with Crippen molar-refractivity contribution in [2.45, 2.75) is 32.2 Å². The monoisotopic (exact) mass is 477 g/mol. The summed E-state index contributed by atoms with van der Waals surface area (Å²) in [6.45, 7) is 2.86. The van der Waals surface area contributed by atoms with Gasteiger partial charge in [0, 0.05) is 6.20 Å². The Morgan fingerprint density at radius 3 is 2.45 bits per heavy atom. The van der Waals surface area contributed by atoms with Gasteiger partial charge >= 0.3 is 6.43 Å². The van der Waals surface area contributed by atoms with E-state index in [4.69, 9.17) is 4.42 Å². The highest BCUT2D eigenvalue weighted by Gasteiger charge is 2.24. The van der Waals surface area contributed by atoms with Gasteiger partial charge in [0.2, 0.25) is 15.9 Å². The number of nitrogens with zero attached hydrogens (tertiary/aromatic N) is 5. The Kier molecular flexibility index (Phi) is 7.29. The average Bonchev–Trinajstić information content (AvgIpc) is 3.51. The third-order valence-electron chi connectivity index (χ3n) is 5.46. The molecule has 3 aromatic rings. The van der Waals surface area contributed by atoms with Crippen molar-refractivity contribution in [1.29, 1.82) is 0 Å². The zero-order valence-electron chi connectivity index (χ0n) is 18.0. The summed E-state index contributed by atoms with van der Waals surface area (Å²) in [4.78, 5) is 6.59. The molecule has 1 fully saturated rings. The van der Waals surface area contributed by atoms with Gasteiger partial charge in [0.15, 0.2) is 0 Å². The smallest absolute Gasteiger partial charge is 0.314 e. The number of anilines is 1. The second kappa shape index (κ2) is 10.3. The van der Waals surface area contributed by atoms with Crippen molar-refractivity contribution in [3.05, 3.63) is 60.2 Å². The lowest BCUT2D eigenvalue weighted by Gasteiger charge is -2.25. The molecule has 0 radical (unpaired) electrons. The minimum Gasteiger partial charge on any atom is -0.415 e. The fourth-order valence-corrected chi connectivity index (χ4v) is 5.25. The molecule has 1 aliphatic rings. The van der Waals surface area contributed by atoms with Crippen LogP contribution in [0.3, 0.4) is 0 Å². The molecule has 2 aromatic heterocycles. The molecule has 176 valence electrons. The van der Waals surface area contributed by atoms with Crippen molar-refractivity contribution in [1.82, 2.24) is 20.1 Å². The zero-order chi connectivity index (χ0) is 23.3. The van der Waals surface area contributed by atoms with Crippen LogP contribution in [0.5, 0.6) is 0 Å². The summed E-state index contributed by atoms with van der Waals surface area (Å²) in [5, 5.41) is 6.91. The SMILES string of the molecule is O=S(=O)(CCCN1CCCC1)N(Cc1ccc(-c2nnc(C(F)F)o2)cn1)c1ccccc1. The molecule has 8 nitrogen and oxygen atoms in total. The first-order chi connectivity index (χ1) is 15.9. The summed E-state index contributed by atoms with van der Waals surface area (Å²) in [6, 6.07) is 12.1. The maximum absolute atomic E-state index is 13.2. The van der Waals surface area contributed by atoms with E-state index in [0.29, 0.717) is 23.4 Å². The number of halogens is 2. The maximum Gasteiger partial charge on any atom is 0.314 e. The predicted octanol–water partition coefficient (Wildman–Crippen LogP) is 3.89. The van der Waals surface area contributed by atoms with Crippen molar-refractivity contribution in [3.8, 4) is 11.5 Å². The van der Waals surface area contributed by atoms with Crippen molar-refractivity contribution in [3.63, 3.8) is 0 Å². The summed E-state index contributed by atoms with van der Waals surface area (Å²) >= 11 is 0. The number of pyridine rings is 1. The zero-order valence-corrected chi connectivity index (χ0v) is 18.8. The fraction of sp³-hybridized carbons (Fsp3) is 0.409. The van der Waals surface area contributed by atoms with Crippen LogP contribution in [0.1, 0.15) is 37.3 Å².